The molecule has 16 heavy (non-hydrogen) atoms. The number of hydrogen-bond donors (Lipinski definition) is 2. The van der Waals surface area contributed by atoms with Gasteiger partial charge >= 0.3 is 0 Å². The number of nitrogens with zero attached hydrogens (tertiary/aromatic N) is 3. The third kappa shape index (κ3) is 3.13. The molecule has 6 heteroatoms. The van der Waals surface area contributed by atoms with Gasteiger partial charge in [-0.1, -0.05) is 0 Å². The number of hydrogen-bond acceptors (Lipinski definition) is 4. The molecular weight excluding hydrogens is 211 g/mol. The van der Waals surface area contributed by atoms with E-state index in [4.69, 9.17) is 5.73 Å². The SMILES string of the molecule is CN(C)C(O)c1cnn(C/C(=C/F)CN)c1. The van der Waals surface area contributed by atoms with Crippen LogP contribution in [0.4, 0.5) is 4.39 Å². The Morgan fingerprint density at radius 2 is 2.44 bits per heavy atom. The van der Waals surface area contributed by atoms with Crippen LogP contribution in [0.15, 0.2) is 24.3 Å². The van der Waals surface area contributed by atoms with E-state index in [0.29, 0.717) is 24.0 Å². The van der Waals surface area contributed by atoms with Crippen LogP contribution in [0.1, 0.15) is 11.8 Å². The summed E-state index contributed by atoms with van der Waals surface area (Å²) in [6.45, 7) is 0.453. The van der Waals surface area contributed by atoms with Crippen LogP contribution in [0.3, 0.4) is 0 Å². The number of aliphatic hydroxyl groups excluding tert-OH is 1. The van der Waals surface area contributed by atoms with E-state index in [2.05, 4.69) is 5.10 Å². The van der Waals surface area contributed by atoms with Gasteiger partial charge in [-0.2, -0.15) is 5.10 Å². The van der Waals surface area contributed by atoms with Gasteiger partial charge in [0.05, 0.1) is 19.1 Å². The topological polar surface area (TPSA) is 67.3 Å². The first kappa shape index (κ1) is 12.8. The van der Waals surface area contributed by atoms with Crippen LogP contribution in [-0.2, 0) is 6.54 Å². The molecule has 0 bridgehead atoms. The van der Waals surface area contributed by atoms with Crippen molar-refractivity contribution in [1.82, 2.24) is 14.7 Å². The van der Waals surface area contributed by atoms with Gasteiger partial charge < -0.3 is 10.8 Å². The molecule has 0 spiro atoms. The zero-order chi connectivity index (χ0) is 12.1. The second-order valence-corrected chi connectivity index (χ2v) is 3.78. The first-order chi connectivity index (χ1) is 7.58. The highest BCUT2D eigenvalue weighted by Crippen LogP contribution is 2.13. The predicted molar refractivity (Wildman–Crippen MR) is 59.1 cm³/mol. The van der Waals surface area contributed by atoms with Crippen molar-refractivity contribution >= 4 is 0 Å². The third-order valence-electron chi connectivity index (χ3n) is 2.22. The Bertz CT molecular complexity index is 361. The average molecular weight is 228 g/mol. The fraction of sp³-hybridized carbons (Fsp3) is 0.500. The summed E-state index contributed by atoms with van der Waals surface area (Å²) in [5.74, 6) is 0. The van der Waals surface area contributed by atoms with Crippen molar-refractivity contribution in [2.45, 2.75) is 12.8 Å². The van der Waals surface area contributed by atoms with Gasteiger partial charge in [0.1, 0.15) is 6.23 Å². The summed E-state index contributed by atoms with van der Waals surface area (Å²) < 4.78 is 13.8. The lowest BCUT2D eigenvalue weighted by Crippen LogP contribution is -2.18. The van der Waals surface area contributed by atoms with E-state index >= 15 is 0 Å². The van der Waals surface area contributed by atoms with E-state index in [9.17, 15) is 9.50 Å². The molecule has 3 N–H and O–H groups in total. The largest absolute Gasteiger partial charge is 0.374 e. The van der Waals surface area contributed by atoms with Crippen molar-refractivity contribution in [2.75, 3.05) is 20.6 Å². The Morgan fingerprint density at radius 1 is 1.75 bits per heavy atom. The van der Waals surface area contributed by atoms with Crippen LogP contribution in [0.2, 0.25) is 0 Å². The Hall–Kier alpha value is -1.24. The average Bonchev–Trinajstić information content (AvgIpc) is 2.73. The van der Waals surface area contributed by atoms with E-state index in [1.54, 1.807) is 36.1 Å². The van der Waals surface area contributed by atoms with E-state index in [1.165, 1.54) is 0 Å². The van der Waals surface area contributed by atoms with Gasteiger partial charge in [-0.15, -0.1) is 0 Å². The molecule has 0 saturated heterocycles. The monoisotopic (exact) mass is 228 g/mol. The predicted octanol–water partition coefficient (Wildman–Crippen LogP) is 0.248. The normalized spacial score (nSPS) is 14.5. The second-order valence-electron chi connectivity index (χ2n) is 3.78. The second kappa shape index (κ2) is 5.74. The molecule has 0 radical (unpaired) electrons. The van der Waals surface area contributed by atoms with Gasteiger partial charge in [0.25, 0.3) is 0 Å². The maximum atomic E-state index is 12.3. The maximum Gasteiger partial charge on any atom is 0.136 e. The van der Waals surface area contributed by atoms with E-state index in [0.717, 1.165) is 0 Å². The Labute approximate surface area is 94.0 Å². The molecule has 1 aromatic heterocycles. The standard InChI is InChI=1S/C10H17FN4O/c1-14(2)10(16)9-5-13-15(7-9)6-8(3-11)4-12/h3,5,7,10,16H,4,6,12H2,1-2H3/b8-3+. The molecule has 90 valence electrons. The van der Waals surface area contributed by atoms with Gasteiger partial charge in [-0.05, 0) is 19.7 Å². The highest BCUT2D eigenvalue weighted by molar-refractivity contribution is 5.09. The highest BCUT2D eigenvalue weighted by atomic mass is 19.1. The molecule has 1 aromatic rings. The lowest BCUT2D eigenvalue weighted by Gasteiger charge is -2.16. The summed E-state index contributed by atoms with van der Waals surface area (Å²) in [6.07, 6.45) is 3.01. The van der Waals surface area contributed by atoms with Gasteiger partial charge in [0, 0.05) is 18.3 Å². The van der Waals surface area contributed by atoms with Crippen LogP contribution in [0, 0.1) is 0 Å². The maximum absolute atomic E-state index is 12.3. The molecule has 0 aromatic carbocycles. The molecule has 0 aliphatic rings. The summed E-state index contributed by atoms with van der Waals surface area (Å²) in [5.41, 5.74) is 6.46. The minimum Gasteiger partial charge on any atom is -0.374 e. The lowest BCUT2D eigenvalue weighted by molar-refractivity contribution is 0.0395. The number of aliphatic hydroxyl groups is 1. The summed E-state index contributed by atoms with van der Waals surface area (Å²) in [5, 5.41) is 13.7. The van der Waals surface area contributed by atoms with Gasteiger partial charge in [-0.3, -0.25) is 9.58 Å². The van der Waals surface area contributed by atoms with E-state index < -0.39 is 6.23 Å². The quantitative estimate of drug-likeness (QED) is 0.709. The van der Waals surface area contributed by atoms with Gasteiger partial charge in [0.2, 0.25) is 0 Å². The van der Waals surface area contributed by atoms with Crippen LogP contribution >= 0.6 is 0 Å². The minimum absolute atomic E-state index is 0.155. The zero-order valence-electron chi connectivity index (χ0n) is 9.47. The molecule has 1 heterocycles. The molecule has 1 unspecified atom stereocenters. The van der Waals surface area contributed by atoms with Crippen molar-refractivity contribution in [3.63, 3.8) is 0 Å². The molecule has 1 rings (SSSR count). The van der Waals surface area contributed by atoms with Crippen molar-refractivity contribution in [3.8, 4) is 0 Å². The molecule has 5 nitrogen and oxygen atoms in total. The molecule has 0 aliphatic heterocycles. The molecule has 0 fully saturated rings. The fourth-order valence-electron chi connectivity index (χ4n) is 1.25. The van der Waals surface area contributed by atoms with E-state index in [-0.39, 0.29) is 6.54 Å². The van der Waals surface area contributed by atoms with Crippen LogP contribution in [0.5, 0.6) is 0 Å². The summed E-state index contributed by atoms with van der Waals surface area (Å²) in [4.78, 5) is 1.65. The van der Waals surface area contributed by atoms with Crippen molar-refractivity contribution in [2.24, 2.45) is 5.73 Å². The number of rotatable bonds is 5. The van der Waals surface area contributed by atoms with Crippen LogP contribution in [0.25, 0.3) is 0 Å². The molecule has 0 amide bonds. The van der Waals surface area contributed by atoms with Gasteiger partial charge in [0.15, 0.2) is 0 Å². The minimum atomic E-state index is -0.704. The third-order valence-corrected chi connectivity index (χ3v) is 2.22. The lowest BCUT2D eigenvalue weighted by atomic mass is 10.3. The molecule has 1 atom stereocenters. The summed E-state index contributed by atoms with van der Waals surface area (Å²) in [6, 6.07) is 0. The highest BCUT2D eigenvalue weighted by Gasteiger charge is 2.12. The van der Waals surface area contributed by atoms with Crippen molar-refractivity contribution in [3.05, 3.63) is 29.9 Å². The van der Waals surface area contributed by atoms with Crippen LogP contribution in [-0.4, -0.2) is 40.4 Å². The molecular formula is C10H17FN4O. The number of aromatic nitrogens is 2. The summed E-state index contributed by atoms with van der Waals surface area (Å²) >= 11 is 0. The van der Waals surface area contributed by atoms with Crippen molar-refractivity contribution in [1.29, 1.82) is 0 Å². The first-order valence-corrected chi connectivity index (χ1v) is 4.93. The Morgan fingerprint density at radius 3 is 2.94 bits per heavy atom. The summed E-state index contributed by atoms with van der Waals surface area (Å²) in [7, 11) is 3.52. The smallest absolute Gasteiger partial charge is 0.136 e. The number of halogens is 1. The van der Waals surface area contributed by atoms with Crippen molar-refractivity contribution < 1.29 is 9.50 Å². The Balaban J connectivity index is 2.72. The number of nitrogens with two attached hydrogens (primary N) is 1. The zero-order valence-corrected chi connectivity index (χ0v) is 9.47. The van der Waals surface area contributed by atoms with E-state index in [1.807, 2.05) is 0 Å². The van der Waals surface area contributed by atoms with Gasteiger partial charge in [-0.25, -0.2) is 4.39 Å². The molecule has 0 aliphatic carbocycles. The molecule has 0 saturated carbocycles. The Kier molecular flexibility index (Phi) is 4.60. The van der Waals surface area contributed by atoms with Crippen LogP contribution < -0.4 is 5.73 Å². The fourth-order valence-corrected chi connectivity index (χ4v) is 1.25. The first-order valence-electron chi connectivity index (χ1n) is 4.93.